The highest BCUT2D eigenvalue weighted by Gasteiger charge is 2.19. The minimum absolute atomic E-state index is 0.00904. The maximum absolute atomic E-state index is 12.3. The van der Waals surface area contributed by atoms with Gasteiger partial charge in [0.05, 0.1) is 0 Å². The number of carbonyl (C=O) groups is 1. The molecule has 0 unspecified atom stereocenters. The Kier molecular flexibility index (Phi) is 3.44. The number of rotatable bonds is 3. The molecule has 1 aliphatic rings. The summed E-state index contributed by atoms with van der Waals surface area (Å²) >= 11 is 0. The van der Waals surface area contributed by atoms with Crippen LogP contribution in [-0.4, -0.2) is 25.6 Å². The van der Waals surface area contributed by atoms with Crippen molar-refractivity contribution in [2.45, 2.75) is 32.1 Å². The number of aromatic nitrogens is 4. The molecule has 0 bridgehead atoms. The summed E-state index contributed by atoms with van der Waals surface area (Å²) in [6.07, 6.45) is 7.68. The average Bonchev–Trinajstić information content (AvgIpc) is 3.21. The summed E-state index contributed by atoms with van der Waals surface area (Å²) in [7, 11) is 0. The van der Waals surface area contributed by atoms with Gasteiger partial charge in [0.1, 0.15) is 23.5 Å². The summed E-state index contributed by atoms with van der Waals surface area (Å²) in [5.41, 5.74) is 2.10. The molecule has 0 N–H and O–H groups in total. The molecule has 5 rings (SSSR count). The Bertz CT molecular complexity index is 1100. The van der Waals surface area contributed by atoms with Crippen molar-refractivity contribution in [2.24, 2.45) is 0 Å². The van der Waals surface area contributed by atoms with Gasteiger partial charge in [-0.25, -0.2) is 9.50 Å². The Morgan fingerprint density at radius 3 is 3.12 bits per heavy atom. The molecule has 7 nitrogen and oxygen atoms in total. The van der Waals surface area contributed by atoms with Gasteiger partial charge in [0, 0.05) is 29.8 Å². The van der Waals surface area contributed by atoms with Crippen LogP contribution in [0.15, 0.2) is 41.1 Å². The number of ether oxygens (including phenoxy) is 1. The highest BCUT2D eigenvalue weighted by molar-refractivity contribution is 5.85. The van der Waals surface area contributed by atoms with Crippen molar-refractivity contribution in [1.82, 2.24) is 19.6 Å². The van der Waals surface area contributed by atoms with Crippen LogP contribution in [0.3, 0.4) is 0 Å². The number of carbonyl (C=O) groups excluding carboxylic acids is 1. The van der Waals surface area contributed by atoms with Gasteiger partial charge >= 0.3 is 5.97 Å². The van der Waals surface area contributed by atoms with E-state index in [4.69, 9.17) is 9.15 Å². The SMILES string of the molecule is O=C(Cc1nc2ncccn2n1)Oc1ccc2oc3c(c2c1)CCCC3. The molecule has 3 aromatic heterocycles. The molecule has 4 aromatic rings. The lowest BCUT2D eigenvalue weighted by molar-refractivity contribution is -0.133. The van der Waals surface area contributed by atoms with E-state index in [1.807, 2.05) is 12.1 Å². The Labute approximate surface area is 148 Å². The Hall–Kier alpha value is -3.22. The predicted octanol–water partition coefficient (Wildman–Crippen LogP) is 2.90. The Morgan fingerprint density at radius 1 is 1.27 bits per heavy atom. The quantitative estimate of drug-likeness (QED) is 0.418. The monoisotopic (exact) mass is 348 g/mol. The molecule has 0 radical (unpaired) electrons. The van der Waals surface area contributed by atoms with Gasteiger partial charge in [-0.05, 0) is 43.5 Å². The zero-order valence-electron chi connectivity index (χ0n) is 14.0. The van der Waals surface area contributed by atoms with E-state index in [2.05, 4.69) is 15.1 Å². The summed E-state index contributed by atoms with van der Waals surface area (Å²) in [5.74, 6) is 2.02. The minimum atomic E-state index is -0.405. The average molecular weight is 348 g/mol. The summed E-state index contributed by atoms with van der Waals surface area (Å²) in [6.45, 7) is 0. The van der Waals surface area contributed by atoms with Crippen LogP contribution in [0.4, 0.5) is 0 Å². The van der Waals surface area contributed by atoms with Gasteiger partial charge in [-0.2, -0.15) is 4.98 Å². The van der Waals surface area contributed by atoms with Gasteiger partial charge in [0.25, 0.3) is 5.78 Å². The van der Waals surface area contributed by atoms with Crippen molar-refractivity contribution < 1.29 is 13.9 Å². The number of furan rings is 1. The lowest BCUT2D eigenvalue weighted by Crippen LogP contribution is -2.12. The van der Waals surface area contributed by atoms with E-state index in [1.165, 1.54) is 16.5 Å². The number of aryl methyl sites for hydroxylation is 2. The molecular formula is C19H16N4O3. The van der Waals surface area contributed by atoms with Crippen molar-refractivity contribution in [1.29, 1.82) is 0 Å². The fourth-order valence-electron chi connectivity index (χ4n) is 3.45. The lowest BCUT2D eigenvalue weighted by atomic mass is 9.96. The number of hydrogen-bond acceptors (Lipinski definition) is 6. The molecule has 0 atom stereocenters. The van der Waals surface area contributed by atoms with Crippen molar-refractivity contribution >= 4 is 22.7 Å². The van der Waals surface area contributed by atoms with E-state index in [9.17, 15) is 4.79 Å². The smallest absolute Gasteiger partial charge is 0.319 e. The van der Waals surface area contributed by atoms with E-state index in [1.54, 1.807) is 24.5 Å². The Morgan fingerprint density at radius 2 is 2.19 bits per heavy atom. The first kappa shape index (κ1) is 15.1. The van der Waals surface area contributed by atoms with Crippen LogP contribution < -0.4 is 4.74 Å². The fraction of sp³-hybridized carbons (Fsp3) is 0.263. The molecule has 0 amide bonds. The zero-order chi connectivity index (χ0) is 17.5. The molecular weight excluding hydrogens is 332 g/mol. The molecule has 0 saturated carbocycles. The topological polar surface area (TPSA) is 82.5 Å². The highest BCUT2D eigenvalue weighted by Crippen LogP contribution is 2.34. The first-order valence-electron chi connectivity index (χ1n) is 8.67. The molecule has 0 aliphatic heterocycles. The first-order chi connectivity index (χ1) is 12.8. The third-order valence-corrected chi connectivity index (χ3v) is 4.62. The van der Waals surface area contributed by atoms with Gasteiger partial charge in [-0.15, -0.1) is 5.10 Å². The van der Waals surface area contributed by atoms with Gasteiger partial charge in [0.15, 0.2) is 5.82 Å². The summed E-state index contributed by atoms with van der Waals surface area (Å²) in [4.78, 5) is 20.6. The largest absolute Gasteiger partial charge is 0.461 e. The van der Waals surface area contributed by atoms with Gasteiger partial charge in [0.2, 0.25) is 0 Å². The second-order valence-corrected chi connectivity index (χ2v) is 6.41. The third kappa shape index (κ3) is 2.61. The Balaban J connectivity index is 1.37. The van der Waals surface area contributed by atoms with E-state index >= 15 is 0 Å². The van der Waals surface area contributed by atoms with Crippen LogP contribution in [0.1, 0.15) is 30.0 Å². The van der Waals surface area contributed by atoms with Gasteiger partial charge in [-0.3, -0.25) is 4.79 Å². The van der Waals surface area contributed by atoms with E-state index in [-0.39, 0.29) is 6.42 Å². The third-order valence-electron chi connectivity index (χ3n) is 4.62. The standard InChI is InChI=1S/C19H16N4O3/c24-18(11-17-21-19-20-8-3-9-23(19)22-17)25-12-6-7-16-14(10-12)13-4-1-2-5-15(13)26-16/h3,6-10H,1-2,4-5,11H2. The number of fused-ring (bicyclic) bond motifs is 4. The normalized spacial score (nSPS) is 13.8. The van der Waals surface area contributed by atoms with Crippen LogP contribution in [-0.2, 0) is 24.1 Å². The first-order valence-corrected chi connectivity index (χ1v) is 8.67. The van der Waals surface area contributed by atoms with Crippen LogP contribution >= 0.6 is 0 Å². The van der Waals surface area contributed by atoms with E-state index in [0.29, 0.717) is 17.4 Å². The molecule has 130 valence electrons. The van der Waals surface area contributed by atoms with E-state index in [0.717, 1.165) is 36.0 Å². The van der Waals surface area contributed by atoms with Crippen LogP contribution in [0.25, 0.3) is 16.7 Å². The molecule has 1 aromatic carbocycles. The second kappa shape index (κ2) is 5.94. The van der Waals surface area contributed by atoms with Crippen molar-refractivity contribution in [3.05, 3.63) is 53.8 Å². The molecule has 1 aliphatic carbocycles. The van der Waals surface area contributed by atoms with Gasteiger partial charge in [-0.1, -0.05) is 0 Å². The number of hydrogen-bond donors (Lipinski definition) is 0. The molecule has 0 spiro atoms. The molecule has 26 heavy (non-hydrogen) atoms. The maximum atomic E-state index is 12.3. The van der Waals surface area contributed by atoms with Crippen molar-refractivity contribution in [3.8, 4) is 5.75 Å². The van der Waals surface area contributed by atoms with Crippen LogP contribution in [0, 0.1) is 0 Å². The number of esters is 1. The van der Waals surface area contributed by atoms with Gasteiger partial charge < -0.3 is 9.15 Å². The maximum Gasteiger partial charge on any atom is 0.319 e. The minimum Gasteiger partial charge on any atom is -0.461 e. The fourth-order valence-corrected chi connectivity index (χ4v) is 3.45. The lowest BCUT2D eigenvalue weighted by Gasteiger charge is -2.08. The highest BCUT2D eigenvalue weighted by atomic mass is 16.5. The van der Waals surface area contributed by atoms with Crippen molar-refractivity contribution in [3.63, 3.8) is 0 Å². The molecule has 7 heteroatoms. The van der Waals surface area contributed by atoms with E-state index < -0.39 is 5.97 Å². The molecule has 0 fully saturated rings. The number of benzene rings is 1. The zero-order valence-corrected chi connectivity index (χ0v) is 14.0. The van der Waals surface area contributed by atoms with Crippen LogP contribution in [0.5, 0.6) is 5.75 Å². The summed E-state index contributed by atoms with van der Waals surface area (Å²) in [5, 5.41) is 5.26. The van der Waals surface area contributed by atoms with Crippen molar-refractivity contribution in [2.75, 3.05) is 0 Å². The predicted molar refractivity (Wildman–Crippen MR) is 93.0 cm³/mol. The molecule has 0 saturated heterocycles. The number of nitrogens with zero attached hydrogens (tertiary/aromatic N) is 4. The molecule has 3 heterocycles. The summed E-state index contributed by atoms with van der Waals surface area (Å²) in [6, 6.07) is 7.27. The van der Waals surface area contributed by atoms with Crippen LogP contribution in [0.2, 0.25) is 0 Å². The second-order valence-electron chi connectivity index (χ2n) is 6.41. The summed E-state index contributed by atoms with van der Waals surface area (Å²) < 4.78 is 12.9.